The predicted molar refractivity (Wildman–Crippen MR) is 276 cm³/mol. The van der Waals surface area contributed by atoms with Crippen LogP contribution in [0.4, 0.5) is 22.1 Å². The number of allylic oxidation sites excluding steroid dienone is 2. The number of carbonyl (C=O) groups is 5. The molecule has 75 heavy (non-hydrogen) atoms. The van der Waals surface area contributed by atoms with Crippen LogP contribution in [0.5, 0.6) is 11.5 Å². The van der Waals surface area contributed by atoms with Crippen molar-refractivity contribution in [3.05, 3.63) is 84.3 Å². The van der Waals surface area contributed by atoms with E-state index < -0.39 is 35.9 Å². The summed E-state index contributed by atoms with van der Waals surface area (Å²) in [6.07, 6.45) is 12.1. The fraction of sp³-hybridized carbons (Fsp3) is 0.481. The lowest BCUT2D eigenvalue weighted by molar-refractivity contribution is -0.133. The number of hydrogen-bond acceptors (Lipinski definition) is 17. The molecular formula is C52H69N11O12. The predicted octanol–water partition coefficient (Wildman–Crippen LogP) is 4.84. The van der Waals surface area contributed by atoms with Crippen molar-refractivity contribution < 1.29 is 57.1 Å². The van der Waals surface area contributed by atoms with E-state index in [1.54, 1.807) is 69.5 Å². The molecule has 0 saturated heterocycles. The quantitative estimate of drug-likeness (QED) is 0.0262. The zero-order valence-corrected chi connectivity index (χ0v) is 42.9. The number of rotatable bonds is 31. The van der Waals surface area contributed by atoms with Crippen LogP contribution < -0.4 is 41.4 Å². The third-order valence-corrected chi connectivity index (χ3v) is 11.2. The number of amides is 5. The highest BCUT2D eigenvalue weighted by Gasteiger charge is 2.27. The summed E-state index contributed by atoms with van der Waals surface area (Å²) in [4.78, 5) is 71.5. The molecule has 0 spiro atoms. The van der Waals surface area contributed by atoms with Crippen LogP contribution in [0.25, 0.3) is 11.3 Å². The molecule has 2 aromatic heterocycles. The number of benzene rings is 2. The zero-order chi connectivity index (χ0) is 53.6. The van der Waals surface area contributed by atoms with Crippen LogP contribution in [0.15, 0.2) is 73.1 Å². The van der Waals surface area contributed by atoms with Gasteiger partial charge >= 0.3 is 6.09 Å². The molecule has 0 bridgehead atoms. The molecule has 4 aromatic rings. The standard InChI is InChI=1S/C52H69N11O12/c1-35(2)49(61-47(65)33-72-27-26-71-25-24-70-23-21-54-46(64)34-74-40-12-8-6-5-7-9-13-40)51(67)58-36(3)50(66)59-38-18-16-37(17-19-38)32-75-52(68)55-20-11-22-73-43-15-10-14-42(69-4)48(43)41-28-44(63-62-41)60-45-31-56-39(29-53)30-57-45/h5-6,10,14-19,28,30-31,35-36,40,49H,7-9,11-13,20-27,32-34H2,1-4H3,(H,54,64)(H,55,68)(H,58,67)(H,59,66)(H,61,65)(H2,57,60,62,63)/b6-5+/t36-,40?,49-/m0/s1. The Bertz CT molecular complexity index is 2480. The third kappa shape index (κ3) is 21.4. The highest BCUT2D eigenvalue weighted by atomic mass is 16.6. The van der Waals surface area contributed by atoms with E-state index in [0.29, 0.717) is 78.4 Å². The maximum Gasteiger partial charge on any atom is 0.407 e. The van der Waals surface area contributed by atoms with Crippen LogP contribution >= 0.6 is 0 Å². The van der Waals surface area contributed by atoms with Crippen molar-refractivity contribution in [2.75, 3.05) is 83.7 Å². The summed E-state index contributed by atoms with van der Waals surface area (Å²) in [5, 5.41) is 32.9. The fourth-order valence-corrected chi connectivity index (χ4v) is 7.26. The molecule has 0 radical (unpaired) electrons. The molecule has 5 amide bonds. The van der Waals surface area contributed by atoms with Crippen LogP contribution in [-0.4, -0.2) is 141 Å². The van der Waals surface area contributed by atoms with Gasteiger partial charge in [0.15, 0.2) is 11.5 Å². The summed E-state index contributed by atoms with van der Waals surface area (Å²) in [5.74, 6) is -0.0250. The average molecular weight is 1040 g/mol. The van der Waals surface area contributed by atoms with Crippen molar-refractivity contribution in [3.8, 4) is 28.8 Å². The Kier molecular flexibility index (Phi) is 25.3. The van der Waals surface area contributed by atoms with Gasteiger partial charge in [-0.1, -0.05) is 44.2 Å². The van der Waals surface area contributed by atoms with E-state index >= 15 is 0 Å². The number of ether oxygens (including phenoxy) is 7. The van der Waals surface area contributed by atoms with Crippen LogP contribution in [0.3, 0.4) is 0 Å². The van der Waals surface area contributed by atoms with Crippen molar-refractivity contribution in [3.63, 3.8) is 0 Å². The first-order valence-electron chi connectivity index (χ1n) is 24.9. The van der Waals surface area contributed by atoms with E-state index in [1.807, 2.05) is 6.07 Å². The lowest BCUT2D eigenvalue weighted by Gasteiger charge is -2.24. The van der Waals surface area contributed by atoms with Gasteiger partial charge < -0.3 is 65.1 Å². The van der Waals surface area contributed by atoms with E-state index in [1.165, 1.54) is 19.3 Å². The van der Waals surface area contributed by atoms with Crippen molar-refractivity contribution in [1.82, 2.24) is 41.4 Å². The monoisotopic (exact) mass is 1040 g/mol. The molecular weight excluding hydrogens is 971 g/mol. The number of hydrogen-bond donors (Lipinski definition) is 7. The minimum atomic E-state index is -0.940. The van der Waals surface area contributed by atoms with Crippen LogP contribution in [0.2, 0.25) is 0 Å². The summed E-state index contributed by atoms with van der Waals surface area (Å²) in [7, 11) is 1.55. The van der Waals surface area contributed by atoms with E-state index in [2.05, 4.69) is 64.2 Å². The average Bonchev–Trinajstić information content (AvgIpc) is 3.86. The van der Waals surface area contributed by atoms with Gasteiger partial charge in [-0.2, -0.15) is 10.4 Å². The number of carbonyl (C=O) groups excluding carboxylic acids is 5. The van der Waals surface area contributed by atoms with Crippen LogP contribution in [-0.2, 0) is 49.5 Å². The van der Waals surface area contributed by atoms with Gasteiger partial charge in [0.2, 0.25) is 23.6 Å². The largest absolute Gasteiger partial charge is 0.496 e. The minimum absolute atomic E-state index is 0.0221. The molecule has 2 heterocycles. The van der Waals surface area contributed by atoms with Crippen molar-refractivity contribution >= 4 is 47.0 Å². The van der Waals surface area contributed by atoms with Crippen molar-refractivity contribution in [1.29, 1.82) is 5.26 Å². The van der Waals surface area contributed by atoms with Gasteiger partial charge in [0.1, 0.15) is 55.3 Å². The Balaban J connectivity index is 0.898. The van der Waals surface area contributed by atoms with Gasteiger partial charge in [-0.05, 0) is 81.2 Å². The zero-order valence-electron chi connectivity index (χ0n) is 42.9. The van der Waals surface area contributed by atoms with E-state index in [0.717, 1.165) is 32.1 Å². The summed E-state index contributed by atoms with van der Waals surface area (Å²) in [6.45, 7) is 7.02. The number of alkyl carbamates (subject to hydrolysis) is 1. The first-order chi connectivity index (χ1) is 36.4. The highest BCUT2D eigenvalue weighted by molar-refractivity contribution is 5.98. The molecule has 7 N–H and O–H groups in total. The second-order valence-corrected chi connectivity index (χ2v) is 17.5. The number of nitrogens with one attached hydrogen (secondary N) is 7. The van der Waals surface area contributed by atoms with Crippen molar-refractivity contribution in [2.24, 2.45) is 5.92 Å². The summed E-state index contributed by atoms with van der Waals surface area (Å²) in [5.41, 5.74) is 2.58. The SMILES string of the molecule is COc1cccc(OCCCNC(=O)OCc2ccc(NC(=O)[C@H](C)NC(=O)[C@@H](NC(=O)COCCOCCOCCNC(=O)COC3CC/C=C/CCC3)C(C)C)cc2)c1-c1cc(Nc2cnc(C#N)cn2)n[nH]1. The van der Waals surface area contributed by atoms with E-state index in [-0.39, 0.29) is 69.8 Å². The Morgan fingerprint density at radius 2 is 1.55 bits per heavy atom. The topological polar surface area (TPSA) is 300 Å². The molecule has 1 aliphatic carbocycles. The Hall–Kier alpha value is -7.65. The van der Waals surface area contributed by atoms with Gasteiger partial charge in [0.25, 0.3) is 0 Å². The number of H-pyrrole nitrogens is 1. The van der Waals surface area contributed by atoms with Gasteiger partial charge in [-0.3, -0.25) is 24.3 Å². The molecule has 2 aromatic carbocycles. The van der Waals surface area contributed by atoms with E-state index in [4.69, 9.17) is 38.4 Å². The molecule has 0 saturated carbocycles. The number of nitriles is 1. The molecule has 1 aliphatic rings. The minimum Gasteiger partial charge on any atom is -0.496 e. The Morgan fingerprint density at radius 1 is 0.787 bits per heavy atom. The van der Waals surface area contributed by atoms with Gasteiger partial charge in [0.05, 0.1) is 76.5 Å². The lowest BCUT2D eigenvalue weighted by Crippen LogP contribution is -2.54. The summed E-state index contributed by atoms with van der Waals surface area (Å²) >= 11 is 0. The third-order valence-electron chi connectivity index (χ3n) is 11.2. The Labute approximate surface area is 436 Å². The Morgan fingerprint density at radius 3 is 2.29 bits per heavy atom. The normalized spacial score (nSPS) is 14.4. The molecule has 23 heteroatoms. The number of aromatic nitrogens is 4. The van der Waals surface area contributed by atoms with Crippen LogP contribution in [0, 0.1) is 17.2 Å². The maximum atomic E-state index is 13.2. The number of anilines is 3. The fourth-order valence-electron chi connectivity index (χ4n) is 7.26. The number of aromatic amines is 1. The lowest BCUT2D eigenvalue weighted by atomic mass is 10.0. The number of nitrogens with zero attached hydrogens (tertiary/aromatic N) is 4. The number of methoxy groups -OCH3 is 1. The van der Waals surface area contributed by atoms with Gasteiger partial charge in [-0.25, -0.2) is 14.8 Å². The molecule has 5 rings (SSSR count). The van der Waals surface area contributed by atoms with Gasteiger partial charge in [0, 0.05) is 24.8 Å². The molecule has 3 atom stereocenters. The molecule has 0 fully saturated rings. The van der Waals surface area contributed by atoms with E-state index in [9.17, 15) is 24.0 Å². The first kappa shape index (κ1) is 58.2. The van der Waals surface area contributed by atoms with Crippen molar-refractivity contribution in [2.45, 2.75) is 84.1 Å². The highest BCUT2D eigenvalue weighted by Crippen LogP contribution is 2.38. The molecule has 404 valence electrons. The molecule has 0 aliphatic heterocycles. The second kappa shape index (κ2) is 32.5. The second-order valence-electron chi connectivity index (χ2n) is 17.5. The van der Waals surface area contributed by atoms with Crippen LogP contribution in [0.1, 0.15) is 70.6 Å². The maximum absolute atomic E-state index is 13.2. The summed E-state index contributed by atoms with van der Waals surface area (Å²) < 4.78 is 39.2. The smallest absolute Gasteiger partial charge is 0.407 e. The molecule has 1 unspecified atom stereocenters. The summed E-state index contributed by atoms with van der Waals surface area (Å²) in [6, 6.07) is 13.9. The van der Waals surface area contributed by atoms with Gasteiger partial charge in [-0.15, -0.1) is 0 Å². The first-order valence-corrected chi connectivity index (χ1v) is 24.9. The molecule has 23 nitrogen and oxygen atoms in total.